The molecule has 0 aliphatic carbocycles. The molecule has 1 amide bonds. The number of piperazine rings is 1. The van der Waals surface area contributed by atoms with Crippen LogP contribution in [0.2, 0.25) is 0 Å². The number of fused-ring (bicyclic) bond motifs is 1. The number of piperidine rings is 1. The molecule has 2 aromatic carbocycles. The molecule has 0 atom stereocenters. The lowest BCUT2D eigenvalue weighted by Gasteiger charge is -2.34. The normalized spacial score (nSPS) is 18.6. The van der Waals surface area contributed by atoms with E-state index in [1.807, 2.05) is 23.1 Å². The summed E-state index contributed by atoms with van der Waals surface area (Å²) in [7, 11) is -3.55. The third kappa shape index (κ3) is 4.82. The average Bonchev–Trinajstić information content (AvgIpc) is 3.27. The van der Waals surface area contributed by atoms with Crippen LogP contribution in [0.5, 0.6) is 0 Å². The predicted molar refractivity (Wildman–Crippen MR) is 130 cm³/mol. The maximum atomic E-state index is 13.1. The van der Waals surface area contributed by atoms with Crippen molar-refractivity contribution >= 4 is 37.5 Å². The number of hydrogen-bond acceptors (Lipinski definition) is 6. The van der Waals surface area contributed by atoms with Crippen molar-refractivity contribution in [1.82, 2.24) is 19.1 Å². The lowest BCUT2D eigenvalue weighted by atomic mass is 10.2. The highest BCUT2D eigenvalue weighted by Crippen LogP contribution is 2.24. The molecular weight excluding hydrogens is 456 g/mol. The quantitative estimate of drug-likeness (QED) is 0.555. The van der Waals surface area contributed by atoms with Crippen molar-refractivity contribution in [3.63, 3.8) is 0 Å². The summed E-state index contributed by atoms with van der Waals surface area (Å²) in [6, 6.07) is 14.7. The van der Waals surface area contributed by atoms with Gasteiger partial charge in [0.25, 0.3) is 5.91 Å². The van der Waals surface area contributed by atoms with Gasteiger partial charge in [-0.3, -0.25) is 9.69 Å². The summed E-state index contributed by atoms with van der Waals surface area (Å²) >= 11 is 1.72. The Kier molecular flexibility index (Phi) is 6.47. The predicted octanol–water partition coefficient (Wildman–Crippen LogP) is 3.43. The lowest BCUT2D eigenvalue weighted by molar-refractivity contribution is 0.0628. The van der Waals surface area contributed by atoms with Gasteiger partial charge in [-0.05, 0) is 43.2 Å². The number of hydrogen-bond donors (Lipinski definition) is 0. The number of thiazole rings is 1. The monoisotopic (exact) mass is 484 g/mol. The molecule has 174 valence electrons. The highest BCUT2D eigenvalue weighted by atomic mass is 32.2. The van der Waals surface area contributed by atoms with Crippen LogP contribution in [-0.4, -0.2) is 72.7 Å². The van der Waals surface area contributed by atoms with E-state index >= 15 is 0 Å². The molecule has 1 aromatic heterocycles. The topological polar surface area (TPSA) is 73.8 Å². The minimum Gasteiger partial charge on any atom is -0.336 e. The number of aromatic nitrogens is 1. The van der Waals surface area contributed by atoms with Gasteiger partial charge in [-0.2, -0.15) is 4.31 Å². The summed E-state index contributed by atoms with van der Waals surface area (Å²) < 4.78 is 28.8. The number of benzene rings is 2. The standard InChI is InChI=1S/C24H28N4O3S2/c29-24(19-7-6-8-20(17-19)33(30,31)28-11-4-1-5-12-28)27-15-13-26(14-16-27)18-23-25-21-9-2-3-10-22(21)32-23/h2-3,6-10,17H,1,4-5,11-16,18H2. The first-order chi connectivity index (χ1) is 16.0. The number of nitrogens with zero attached hydrogens (tertiary/aromatic N) is 4. The summed E-state index contributed by atoms with van der Waals surface area (Å²) in [6.07, 6.45) is 2.84. The summed E-state index contributed by atoms with van der Waals surface area (Å²) in [5.74, 6) is -0.106. The molecule has 3 aromatic rings. The molecule has 0 radical (unpaired) electrons. The Morgan fingerprint density at radius 1 is 0.909 bits per heavy atom. The van der Waals surface area contributed by atoms with Crippen LogP contribution in [-0.2, 0) is 16.6 Å². The fourth-order valence-electron chi connectivity index (χ4n) is 4.51. The maximum absolute atomic E-state index is 13.1. The fraction of sp³-hybridized carbons (Fsp3) is 0.417. The van der Waals surface area contributed by atoms with Crippen molar-refractivity contribution in [1.29, 1.82) is 0 Å². The molecule has 2 aliphatic rings. The number of para-hydroxylation sites is 1. The second-order valence-corrected chi connectivity index (χ2v) is 11.7. The second kappa shape index (κ2) is 9.50. The minimum absolute atomic E-state index is 0.106. The Morgan fingerprint density at radius 3 is 2.42 bits per heavy atom. The molecule has 9 heteroatoms. The van der Waals surface area contributed by atoms with Crippen LogP contribution >= 0.6 is 11.3 Å². The van der Waals surface area contributed by atoms with Crippen molar-refractivity contribution < 1.29 is 13.2 Å². The molecule has 0 saturated carbocycles. The number of sulfonamides is 1. The molecule has 7 nitrogen and oxygen atoms in total. The van der Waals surface area contributed by atoms with Crippen LogP contribution in [0.1, 0.15) is 34.6 Å². The van der Waals surface area contributed by atoms with Gasteiger partial charge in [-0.25, -0.2) is 13.4 Å². The van der Waals surface area contributed by atoms with Gasteiger partial charge in [-0.15, -0.1) is 11.3 Å². The molecule has 33 heavy (non-hydrogen) atoms. The van der Waals surface area contributed by atoms with Gasteiger partial charge in [-0.1, -0.05) is 24.6 Å². The third-order valence-electron chi connectivity index (χ3n) is 6.39. The first-order valence-electron chi connectivity index (χ1n) is 11.5. The van der Waals surface area contributed by atoms with Crippen molar-refractivity contribution in [2.24, 2.45) is 0 Å². The molecular formula is C24H28N4O3S2. The number of carbonyl (C=O) groups is 1. The molecule has 0 bridgehead atoms. The van der Waals surface area contributed by atoms with E-state index in [4.69, 9.17) is 4.98 Å². The van der Waals surface area contributed by atoms with E-state index in [0.29, 0.717) is 31.7 Å². The smallest absolute Gasteiger partial charge is 0.253 e. The highest BCUT2D eigenvalue weighted by molar-refractivity contribution is 7.89. The van der Waals surface area contributed by atoms with Crippen molar-refractivity contribution in [2.45, 2.75) is 30.7 Å². The van der Waals surface area contributed by atoms with Gasteiger partial charge in [0.05, 0.1) is 21.7 Å². The summed E-state index contributed by atoms with van der Waals surface area (Å²) in [5.41, 5.74) is 1.47. The second-order valence-electron chi connectivity index (χ2n) is 8.64. The zero-order valence-corrected chi connectivity index (χ0v) is 20.2. The van der Waals surface area contributed by atoms with E-state index in [9.17, 15) is 13.2 Å². The SMILES string of the molecule is O=C(c1cccc(S(=O)(=O)N2CCCCC2)c1)N1CCN(Cc2nc3ccccc3s2)CC1. The van der Waals surface area contributed by atoms with Gasteiger partial charge in [0, 0.05) is 44.8 Å². The van der Waals surface area contributed by atoms with E-state index in [0.717, 1.165) is 49.4 Å². The summed E-state index contributed by atoms with van der Waals surface area (Å²) in [6.45, 7) is 4.67. The Labute approximate surface area is 198 Å². The van der Waals surface area contributed by atoms with Gasteiger partial charge in [0.15, 0.2) is 0 Å². The largest absolute Gasteiger partial charge is 0.336 e. The Hall–Kier alpha value is -2.33. The van der Waals surface area contributed by atoms with Gasteiger partial charge < -0.3 is 4.90 Å². The maximum Gasteiger partial charge on any atom is 0.253 e. The molecule has 3 heterocycles. The van der Waals surface area contributed by atoms with Gasteiger partial charge in [0.2, 0.25) is 10.0 Å². The van der Waals surface area contributed by atoms with Crippen LogP contribution < -0.4 is 0 Å². The van der Waals surface area contributed by atoms with Crippen LogP contribution in [0.4, 0.5) is 0 Å². The molecule has 5 rings (SSSR count). The van der Waals surface area contributed by atoms with Crippen LogP contribution in [0.25, 0.3) is 10.2 Å². The van der Waals surface area contributed by atoms with Crippen molar-refractivity contribution in [3.8, 4) is 0 Å². The Balaban J connectivity index is 1.22. The van der Waals surface area contributed by atoms with Crippen LogP contribution in [0.3, 0.4) is 0 Å². The number of rotatable bonds is 5. The highest BCUT2D eigenvalue weighted by Gasteiger charge is 2.28. The molecule has 0 N–H and O–H groups in total. The third-order valence-corrected chi connectivity index (χ3v) is 9.31. The van der Waals surface area contributed by atoms with Crippen LogP contribution in [0.15, 0.2) is 53.4 Å². The summed E-state index contributed by atoms with van der Waals surface area (Å²) in [5, 5.41) is 1.09. The molecule has 0 unspecified atom stereocenters. The van der Waals surface area contributed by atoms with Crippen LogP contribution in [0, 0.1) is 0 Å². The van der Waals surface area contributed by atoms with E-state index < -0.39 is 10.0 Å². The number of carbonyl (C=O) groups excluding carboxylic acids is 1. The van der Waals surface area contributed by atoms with Crippen molar-refractivity contribution in [3.05, 3.63) is 59.1 Å². The van der Waals surface area contributed by atoms with Crippen molar-refractivity contribution in [2.75, 3.05) is 39.3 Å². The minimum atomic E-state index is -3.55. The Morgan fingerprint density at radius 2 is 1.67 bits per heavy atom. The Bertz CT molecular complexity index is 1210. The molecule has 0 spiro atoms. The van der Waals surface area contributed by atoms with E-state index in [2.05, 4.69) is 11.0 Å². The molecule has 2 fully saturated rings. The number of amides is 1. The van der Waals surface area contributed by atoms with E-state index in [-0.39, 0.29) is 10.8 Å². The zero-order chi connectivity index (χ0) is 22.8. The molecule has 2 aliphatic heterocycles. The lowest BCUT2D eigenvalue weighted by Crippen LogP contribution is -2.48. The average molecular weight is 485 g/mol. The summed E-state index contributed by atoms with van der Waals surface area (Å²) in [4.78, 5) is 22.2. The van der Waals surface area contributed by atoms with Gasteiger partial charge in [0.1, 0.15) is 5.01 Å². The first kappa shape index (κ1) is 22.5. The van der Waals surface area contributed by atoms with E-state index in [1.54, 1.807) is 39.9 Å². The molecule has 2 saturated heterocycles. The zero-order valence-electron chi connectivity index (χ0n) is 18.5. The first-order valence-corrected chi connectivity index (χ1v) is 13.7. The fourth-order valence-corrected chi connectivity index (χ4v) is 7.09. The van der Waals surface area contributed by atoms with Gasteiger partial charge >= 0.3 is 0 Å². The van der Waals surface area contributed by atoms with E-state index in [1.165, 1.54) is 4.70 Å².